The summed E-state index contributed by atoms with van der Waals surface area (Å²) < 4.78 is 13.6. The first kappa shape index (κ1) is 28.5. The van der Waals surface area contributed by atoms with Crippen LogP contribution in [0.3, 0.4) is 0 Å². The molecule has 1 aromatic heterocycles. The number of benzene rings is 1. The van der Waals surface area contributed by atoms with Gasteiger partial charge in [0.15, 0.2) is 0 Å². The van der Waals surface area contributed by atoms with E-state index in [2.05, 4.69) is 13.8 Å². The molecule has 3 N–H and O–H groups in total. The molecule has 33 heavy (non-hydrogen) atoms. The van der Waals surface area contributed by atoms with Crippen LogP contribution in [0, 0.1) is 12.7 Å². The summed E-state index contributed by atoms with van der Waals surface area (Å²) in [5, 5.41) is 28.9. The van der Waals surface area contributed by atoms with Crippen molar-refractivity contribution in [1.82, 2.24) is 4.98 Å². The Kier molecular flexibility index (Phi) is 11.4. The Hall–Kier alpha value is -2.57. The quantitative estimate of drug-likeness (QED) is 0.423. The molecule has 0 fully saturated rings. The van der Waals surface area contributed by atoms with Gasteiger partial charge < -0.3 is 15.3 Å². The van der Waals surface area contributed by atoms with E-state index < -0.39 is 24.6 Å². The number of nitrogens with zero attached hydrogens (tertiary/aromatic N) is 1. The van der Waals surface area contributed by atoms with E-state index in [-0.39, 0.29) is 24.1 Å². The largest absolute Gasteiger partial charge is 0.481 e. The van der Waals surface area contributed by atoms with Crippen LogP contribution in [-0.4, -0.2) is 38.5 Å². The van der Waals surface area contributed by atoms with Crippen LogP contribution in [0.25, 0.3) is 17.2 Å². The molecular weight excluding hydrogens is 421 g/mol. The average Bonchev–Trinajstić information content (AvgIpc) is 2.73. The van der Waals surface area contributed by atoms with Gasteiger partial charge in [0, 0.05) is 17.7 Å². The highest BCUT2D eigenvalue weighted by atomic mass is 19.1. The molecule has 2 unspecified atom stereocenters. The average molecular weight is 460 g/mol. The van der Waals surface area contributed by atoms with Crippen molar-refractivity contribution in [2.45, 2.75) is 85.4 Å². The Morgan fingerprint density at radius 2 is 1.58 bits per heavy atom. The Morgan fingerprint density at radius 3 is 2.06 bits per heavy atom. The fourth-order valence-electron chi connectivity index (χ4n) is 3.74. The van der Waals surface area contributed by atoms with Crippen molar-refractivity contribution in [3.8, 4) is 11.1 Å². The number of hydrogen-bond acceptors (Lipinski definition) is 4. The summed E-state index contributed by atoms with van der Waals surface area (Å²) in [6.07, 6.45) is 0.669. The van der Waals surface area contributed by atoms with Crippen LogP contribution < -0.4 is 0 Å². The molecule has 182 valence electrons. The van der Waals surface area contributed by atoms with Gasteiger partial charge in [-0.1, -0.05) is 65.8 Å². The van der Waals surface area contributed by atoms with Crippen molar-refractivity contribution in [1.29, 1.82) is 0 Å². The summed E-state index contributed by atoms with van der Waals surface area (Å²) in [5.41, 5.74) is 5.43. The minimum Gasteiger partial charge on any atom is -0.481 e. The van der Waals surface area contributed by atoms with Gasteiger partial charge in [0.1, 0.15) is 5.82 Å². The first-order valence-electron chi connectivity index (χ1n) is 11.6. The van der Waals surface area contributed by atoms with Crippen LogP contribution in [-0.2, 0) is 4.79 Å². The zero-order chi connectivity index (χ0) is 25.3. The molecule has 0 radical (unpaired) electrons. The summed E-state index contributed by atoms with van der Waals surface area (Å²) >= 11 is 0. The fraction of sp³-hybridized carbons (Fsp3) is 0.481. The lowest BCUT2D eigenvalue weighted by atomic mass is 9.87. The van der Waals surface area contributed by atoms with Gasteiger partial charge in [0.25, 0.3) is 0 Å². The molecule has 0 bridgehead atoms. The third-order valence-corrected chi connectivity index (χ3v) is 5.18. The topological polar surface area (TPSA) is 90.7 Å². The van der Waals surface area contributed by atoms with E-state index in [4.69, 9.17) is 10.1 Å². The SMILES string of the molecule is CC.Cc1c(C(C)C)nc(C(C)C)c(/C=C/C(O)CC(O)CC(=O)O)c1-c1ccc(F)cc1. The lowest BCUT2D eigenvalue weighted by molar-refractivity contribution is -0.139. The highest BCUT2D eigenvalue weighted by molar-refractivity contribution is 5.80. The molecule has 0 saturated carbocycles. The smallest absolute Gasteiger partial charge is 0.305 e. The normalized spacial score (nSPS) is 13.2. The van der Waals surface area contributed by atoms with Crippen molar-refractivity contribution >= 4 is 12.0 Å². The van der Waals surface area contributed by atoms with Gasteiger partial charge in [-0.05, 0) is 47.6 Å². The number of aromatic nitrogens is 1. The predicted octanol–water partition coefficient (Wildman–Crippen LogP) is 6.07. The Labute approximate surface area is 197 Å². The van der Waals surface area contributed by atoms with Crippen LogP contribution >= 0.6 is 0 Å². The Morgan fingerprint density at radius 1 is 1.03 bits per heavy atom. The second kappa shape index (κ2) is 13.2. The number of carbonyl (C=O) groups is 1. The molecule has 0 aliphatic rings. The van der Waals surface area contributed by atoms with E-state index in [0.717, 1.165) is 33.6 Å². The van der Waals surface area contributed by atoms with Gasteiger partial charge in [0.2, 0.25) is 0 Å². The molecule has 0 amide bonds. The summed E-state index contributed by atoms with van der Waals surface area (Å²) in [5.74, 6) is -1.13. The van der Waals surface area contributed by atoms with Crippen molar-refractivity contribution in [2.24, 2.45) is 0 Å². The molecule has 0 aliphatic carbocycles. The maximum absolute atomic E-state index is 13.6. The number of aliphatic hydroxyl groups excluding tert-OH is 2. The number of aliphatic carboxylic acids is 1. The monoisotopic (exact) mass is 459 g/mol. The van der Waals surface area contributed by atoms with Gasteiger partial charge in [-0.25, -0.2) is 4.39 Å². The molecule has 2 rings (SSSR count). The first-order valence-corrected chi connectivity index (χ1v) is 11.6. The predicted molar refractivity (Wildman–Crippen MR) is 132 cm³/mol. The number of aliphatic hydroxyl groups is 2. The number of carboxylic acids is 1. The number of pyridine rings is 1. The van der Waals surface area contributed by atoms with Gasteiger partial charge in [-0.15, -0.1) is 0 Å². The number of rotatable bonds is 9. The molecule has 2 atom stereocenters. The van der Waals surface area contributed by atoms with Crippen LogP contribution in [0.5, 0.6) is 0 Å². The molecule has 0 saturated heterocycles. The Bertz CT molecular complexity index is 936. The molecule has 0 spiro atoms. The van der Waals surface area contributed by atoms with Crippen molar-refractivity contribution < 1.29 is 24.5 Å². The lowest BCUT2D eigenvalue weighted by Crippen LogP contribution is -2.19. The van der Waals surface area contributed by atoms with E-state index in [9.17, 15) is 19.4 Å². The summed E-state index contributed by atoms with van der Waals surface area (Å²) in [6, 6.07) is 6.31. The highest BCUT2D eigenvalue weighted by Crippen LogP contribution is 2.37. The minimum atomic E-state index is -1.14. The second-order valence-electron chi connectivity index (χ2n) is 8.53. The van der Waals surface area contributed by atoms with E-state index in [1.54, 1.807) is 24.3 Å². The number of hydrogen-bond donors (Lipinski definition) is 3. The highest BCUT2D eigenvalue weighted by Gasteiger charge is 2.21. The minimum absolute atomic E-state index is 0.0812. The van der Waals surface area contributed by atoms with E-state index >= 15 is 0 Å². The molecule has 1 aromatic carbocycles. The van der Waals surface area contributed by atoms with Crippen LogP contribution in [0.1, 0.15) is 88.7 Å². The maximum atomic E-state index is 13.6. The van der Waals surface area contributed by atoms with Crippen molar-refractivity contribution in [2.75, 3.05) is 0 Å². The van der Waals surface area contributed by atoms with Gasteiger partial charge in [0.05, 0.1) is 24.3 Å². The summed E-state index contributed by atoms with van der Waals surface area (Å²) in [7, 11) is 0. The molecular formula is C27H38FNO4. The van der Waals surface area contributed by atoms with E-state index in [1.165, 1.54) is 12.1 Å². The van der Waals surface area contributed by atoms with Crippen LogP contribution in [0.2, 0.25) is 0 Å². The molecule has 6 heteroatoms. The van der Waals surface area contributed by atoms with Crippen LogP contribution in [0.4, 0.5) is 4.39 Å². The van der Waals surface area contributed by atoms with Crippen LogP contribution in [0.15, 0.2) is 30.3 Å². The molecule has 0 aliphatic heterocycles. The third-order valence-electron chi connectivity index (χ3n) is 5.18. The van der Waals surface area contributed by atoms with E-state index in [0.29, 0.717) is 0 Å². The van der Waals surface area contributed by atoms with Gasteiger partial charge in [-0.3, -0.25) is 9.78 Å². The zero-order valence-corrected chi connectivity index (χ0v) is 20.8. The third kappa shape index (κ3) is 8.06. The number of carboxylic acid groups (broad SMARTS) is 1. The van der Waals surface area contributed by atoms with Gasteiger partial charge in [-0.2, -0.15) is 0 Å². The lowest BCUT2D eigenvalue weighted by Gasteiger charge is -2.22. The van der Waals surface area contributed by atoms with Crippen molar-refractivity contribution in [3.05, 3.63) is 58.7 Å². The summed E-state index contributed by atoms with van der Waals surface area (Å²) in [6.45, 7) is 14.2. The first-order chi connectivity index (χ1) is 15.5. The standard InChI is InChI=1S/C25H32FNO4.C2H6/c1-14(2)24-16(5)23(17-6-8-18(26)9-7-17)21(25(27-24)15(3)4)11-10-19(28)12-20(29)13-22(30)31;1-2/h6-11,14-15,19-20,28-29H,12-13H2,1-5H3,(H,30,31);1-2H3/b11-10+;. The maximum Gasteiger partial charge on any atom is 0.305 e. The van der Waals surface area contributed by atoms with Gasteiger partial charge >= 0.3 is 5.97 Å². The Balaban J connectivity index is 0.00000265. The molecule has 1 heterocycles. The molecule has 2 aromatic rings. The van der Waals surface area contributed by atoms with E-state index in [1.807, 2.05) is 34.6 Å². The fourth-order valence-corrected chi connectivity index (χ4v) is 3.74. The second-order valence-corrected chi connectivity index (χ2v) is 8.53. The zero-order valence-electron chi connectivity index (χ0n) is 20.8. The van der Waals surface area contributed by atoms with Crippen molar-refractivity contribution in [3.63, 3.8) is 0 Å². The number of halogens is 1. The summed E-state index contributed by atoms with van der Waals surface area (Å²) in [4.78, 5) is 15.7. The molecule has 5 nitrogen and oxygen atoms in total.